The van der Waals surface area contributed by atoms with E-state index in [1.165, 1.54) is 4.90 Å². The van der Waals surface area contributed by atoms with Crippen LogP contribution in [0.3, 0.4) is 0 Å². The normalized spacial score (nSPS) is 22.9. The van der Waals surface area contributed by atoms with Gasteiger partial charge in [-0.25, -0.2) is 0 Å². The molecule has 6 nitrogen and oxygen atoms in total. The summed E-state index contributed by atoms with van der Waals surface area (Å²) in [7, 11) is 0. The van der Waals surface area contributed by atoms with Gasteiger partial charge in [0, 0.05) is 45.0 Å². The molecule has 0 radical (unpaired) electrons. The molecule has 6 heteroatoms. The minimum absolute atomic E-state index is 0.0120. The van der Waals surface area contributed by atoms with Crippen molar-refractivity contribution >= 4 is 17.7 Å². The van der Waals surface area contributed by atoms with Crippen LogP contribution in [0.15, 0.2) is 0 Å². The van der Waals surface area contributed by atoms with Crippen molar-refractivity contribution in [2.75, 3.05) is 19.7 Å². The molecule has 20 heavy (non-hydrogen) atoms. The first-order chi connectivity index (χ1) is 9.63. The van der Waals surface area contributed by atoms with Crippen molar-refractivity contribution < 1.29 is 19.5 Å². The van der Waals surface area contributed by atoms with Gasteiger partial charge in [0.25, 0.3) is 0 Å². The summed E-state index contributed by atoms with van der Waals surface area (Å²) in [5.74, 6) is -0.319. The van der Waals surface area contributed by atoms with Crippen molar-refractivity contribution in [3.63, 3.8) is 0 Å². The highest BCUT2D eigenvalue weighted by Crippen LogP contribution is 2.22. The molecule has 1 atom stereocenters. The Kier molecular flexibility index (Phi) is 5.11. The molecule has 2 aliphatic heterocycles. The number of likely N-dealkylation sites (tertiary alicyclic amines) is 2. The van der Waals surface area contributed by atoms with Gasteiger partial charge in [-0.1, -0.05) is 0 Å². The van der Waals surface area contributed by atoms with E-state index in [0.29, 0.717) is 6.42 Å². The van der Waals surface area contributed by atoms with Crippen LogP contribution in [0.2, 0.25) is 0 Å². The van der Waals surface area contributed by atoms with Crippen LogP contribution in [0.5, 0.6) is 0 Å². The molecule has 2 rings (SSSR count). The quantitative estimate of drug-likeness (QED) is 0.710. The predicted molar refractivity (Wildman–Crippen MR) is 71.6 cm³/mol. The predicted octanol–water partition coefficient (Wildman–Crippen LogP) is 0.289. The number of nitrogens with zero attached hydrogens (tertiary/aromatic N) is 2. The second-order valence-electron chi connectivity index (χ2n) is 5.44. The number of aliphatic hydroxyl groups is 1. The van der Waals surface area contributed by atoms with Crippen LogP contribution in [0.25, 0.3) is 0 Å². The molecule has 0 aromatic rings. The third kappa shape index (κ3) is 3.36. The molecular formula is C14H22N2O4. The third-order valence-electron chi connectivity index (χ3n) is 4.10. The van der Waals surface area contributed by atoms with Gasteiger partial charge in [-0.2, -0.15) is 0 Å². The van der Waals surface area contributed by atoms with Gasteiger partial charge in [0.15, 0.2) is 0 Å². The molecule has 2 aliphatic rings. The standard InChI is InChI=1S/C14H22N2O4/c17-10-2-4-11-3-1-8-15(11)14(20)7-9-16-12(18)5-6-13(16)19/h11,17H,1-10H2. The fraction of sp³-hybridized carbons (Fsp3) is 0.786. The highest BCUT2D eigenvalue weighted by Gasteiger charge is 2.31. The SMILES string of the molecule is O=C1CCC(=O)N1CCC(=O)N1CCCC1CCCO. The van der Waals surface area contributed by atoms with Crippen LogP contribution in [-0.4, -0.2) is 58.4 Å². The first-order valence-corrected chi connectivity index (χ1v) is 7.37. The summed E-state index contributed by atoms with van der Waals surface area (Å²) >= 11 is 0. The maximum absolute atomic E-state index is 12.2. The lowest BCUT2D eigenvalue weighted by atomic mass is 10.1. The fourth-order valence-electron chi connectivity index (χ4n) is 3.01. The van der Waals surface area contributed by atoms with E-state index in [1.807, 2.05) is 4.90 Å². The number of rotatable bonds is 6. The van der Waals surface area contributed by atoms with E-state index in [-0.39, 0.29) is 56.2 Å². The molecule has 0 aliphatic carbocycles. The molecule has 3 amide bonds. The van der Waals surface area contributed by atoms with Crippen molar-refractivity contribution in [2.45, 2.75) is 51.0 Å². The van der Waals surface area contributed by atoms with Crippen LogP contribution >= 0.6 is 0 Å². The van der Waals surface area contributed by atoms with E-state index < -0.39 is 0 Å². The Labute approximate surface area is 118 Å². The molecule has 1 N–H and O–H groups in total. The molecule has 2 heterocycles. The zero-order chi connectivity index (χ0) is 14.5. The monoisotopic (exact) mass is 282 g/mol. The van der Waals surface area contributed by atoms with E-state index in [4.69, 9.17) is 5.11 Å². The van der Waals surface area contributed by atoms with Crippen molar-refractivity contribution in [3.05, 3.63) is 0 Å². The van der Waals surface area contributed by atoms with Crippen molar-refractivity contribution in [1.29, 1.82) is 0 Å². The minimum Gasteiger partial charge on any atom is -0.396 e. The number of hydrogen-bond acceptors (Lipinski definition) is 4. The van der Waals surface area contributed by atoms with Crippen LogP contribution < -0.4 is 0 Å². The first kappa shape index (κ1) is 15.0. The van der Waals surface area contributed by atoms with Crippen molar-refractivity contribution in [1.82, 2.24) is 9.80 Å². The number of carbonyl (C=O) groups is 3. The summed E-state index contributed by atoms with van der Waals surface area (Å²) in [6.45, 7) is 1.10. The highest BCUT2D eigenvalue weighted by molar-refractivity contribution is 6.02. The summed E-state index contributed by atoms with van der Waals surface area (Å²) < 4.78 is 0. The molecule has 0 spiro atoms. The Morgan fingerprint density at radius 3 is 2.60 bits per heavy atom. The third-order valence-corrected chi connectivity index (χ3v) is 4.10. The molecule has 0 saturated carbocycles. The highest BCUT2D eigenvalue weighted by atomic mass is 16.3. The van der Waals surface area contributed by atoms with Gasteiger partial charge in [0.2, 0.25) is 17.7 Å². The number of amides is 3. The van der Waals surface area contributed by atoms with Crippen LogP contribution in [0, 0.1) is 0 Å². The lowest BCUT2D eigenvalue weighted by molar-refractivity contribution is -0.139. The van der Waals surface area contributed by atoms with E-state index in [9.17, 15) is 14.4 Å². The Balaban J connectivity index is 1.82. The molecule has 0 aromatic carbocycles. The average Bonchev–Trinajstić information content (AvgIpc) is 3.02. The molecule has 1 unspecified atom stereocenters. The summed E-state index contributed by atoms with van der Waals surface area (Å²) in [6, 6.07) is 0.208. The molecule has 112 valence electrons. The molecular weight excluding hydrogens is 260 g/mol. The lowest BCUT2D eigenvalue weighted by Crippen LogP contribution is -2.39. The minimum atomic E-state index is -0.166. The second-order valence-corrected chi connectivity index (χ2v) is 5.44. The van der Waals surface area contributed by atoms with Gasteiger partial charge in [-0.3, -0.25) is 19.3 Å². The maximum Gasteiger partial charge on any atom is 0.229 e. The molecule has 2 fully saturated rings. The van der Waals surface area contributed by atoms with Gasteiger partial charge in [-0.15, -0.1) is 0 Å². The summed E-state index contributed by atoms with van der Waals surface area (Å²) in [6.07, 6.45) is 4.26. The van der Waals surface area contributed by atoms with Crippen LogP contribution in [0.1, 0.15) is 44.9 Å². The summed E-state index contributed by atoms with van der Waals surface area (Å²) in [5, 5.41) is 8.87. The fourth-order valence-corrected chi connectivity index (χ4v) is 3.01. The largest absolute Gasteiger partial charge is 0.396 e. The van der Waals surface area contributed by atoms with E-state index in [0.717, 1.165) is 25.8 Å². The summed E-state index contributed by atoms with van der Waals surface area (Å²) in [4.78, 5) is 38.2. The number of aliphatic hydroxyl groups excluding tert-OH is 1. The molecule has 0 aromatic heterocycles. The van der Waals surface area contributed by atoms with E-state index in [1.54, 1.807) is 0 Å². The first-order valence-electron chi connectivity index (χ1n) is 7.37. The number of hydrogen-bond donors (Lipinski definition) is 1. The van der Waals surface area contributed by atoms with Crippen LogP contribution in [0.4, 0.5) is 0 Å². The second kappa shape index (κ2) is 6.83. The maximum atomic E-state index is 12.2. The van der Waals surface area contributed by atoms with Gasteiger partial charge in [0.1, 0.15) is 0 Å². The van der Waals surface area contributed by atoms with Gasteiger partial charge in [-0.05, 0) is 25.7 Å². The smallest absolute Gasteiger partial charge is 0.229 e. The van der Waals surface area contributed by atoms with Gasteiger partial charge in [0.05, 0.1) is 0 Å². The van der Waals surface area contributed by atoms with Crippen LogP contribution in [-0.2, 0) is 14.4 Å². The molecule has 2 saturated heterocycles. The average molecular weight is 282 g/mol. The Morgan fingerprint density at radius 1 is 1.25 bits per heavy atom. The van der Waals surface area contributed by atoms with E-state index in [2.05, 4.69) is 0 Å². The summed E-state index contributed by atoms with van der Waals surface area (Å²) in [5.41, 5.74) is 0. The lowest BCUT2D eigenvalue weighted by Gasteiger charge is -2.25. The zero-order valence-electron chi connectivity index (χ0n) is 11.7. The Bertz CT molecular complexity index is 381. The van der Waals surface area contributed by atoms with Gasteiger partial charge >= 0.3 is 0 Å². The number of imide groups is 1. The Morgan fingerprint density at radius 2 is 1.95 bits per heavy atom. The molecule has 0 bridgehead atoms. The topological polar surface area (TPSA) is 77.9 Å². The zero-order valence-corrected chi connectivity index (χ0v) is 11.7. The van der Waals surface area contributed by atoms with Crippen molar-refractivity contribution in [3.8, 4) is 0 Å². The van der Waals surface area contributed by atoms with Gasteiger partial charge < -0.3 is 10.0 Å². The van der Waals surface area contributed by atoms with Crippen molar-refractivity contribution in [2.24, 2.45) is 0 Å². The Hall–Kier alpha value is -1.43. The van der Waals surface area contributed by atoms with E-state index >= 15 is 0 Å². The number of carbonyl (C=O) groups excluding carboxylic acids is 3.